The first-order valence-electron chi connectivity index (χ1n) is 7.08. The molecule has 2 amide bonds. The van der Waals surface area contributed by atoms with E-state index >= 15 is 0 Å². The molecule has 0 saturated carbocycles. The first-order valence-corrected chi connectivity index (χ1v) is 8.07. The van der Waals surface area contributed by atoms with Gasteiger partial charge in [0.2, 0.25) is 10.8 Å². The standard InChI is InChI=1S/C17H14N2O2S/c1-11-6-2-5-9-14(11)19-15(20)10-22-17(19)12-7-3-4-8-13(12)18-16(17)21/h2-9H,10H2,1H3,(H,18,21). The highest BCUT2D eigenvalue weighted by Gasteiger charge is 2.58. The Labute approximate surface area is 132 Å². The van der Waals surface area contributed by atoms with Gasteiger partial charge in [0.05, 0.1) is 5.75 Å². The van der Waals surface area contributed by atoms with Gasteiger partial charge in [-0.15, -0.1) is 11.8 Å². The van der Waals surface area contributed by atoms with Crippen molar-refractivity contribution < 1.29 is 9.59 Å². The van der Waals surface area contributed by atoms with Gasteiger partial charge < -0.3 is 5.32 Å². The number of hydrogen-bond donors (Lipinski definition) is 1. The Hall–Kier alpha value is -2.27. The summed E-state index contributed by atoms with van der Waals surface area (Å²) < 4.78 is 0. The van der Waals surface area contributed by atoms with Crippen molar-refractivity contribution in [3.8, 4) is 0 Å². The Balaban J connectivity index is 1.96. The highest BCUT2D eigenvalue weighted by molar-refractivity contribution is 8.02. The van der Waals surface area contributed by atoms with Gasteiger partial charge in [-0.3, -0.25) is 14.5 Å². The van der Waals surface area contributed by atoms with E-state index in [1.807, 2.05) is 55.5 Å². The smallest absolute Gasteiger partial charge is 0.266 e. The average molecular weight is 310 g/mol. The van der Waals surface area contributed by atoms with Crippen molar-refractivity contribution in [2.45, 2.75) is 11.8 Å². The van der Waals surface area contributed by atoms with E-state index in [0.29, 0.717) is 5.75 Å². The first-order chi connectivity index (χ1) is 10.6. The van der Waals surface area contributed by atoms with Crippen LogP contribution in [-0.2, 0) is 14.5 Å². The lowest BCUT2D eigenvalue weighted by Gasteiger charge is -2.33. The second kappa shape index (κ2) is 4.61. The summed E-state index contributed by atoms with van der Waals surface area (Å²) in [5, 5.41) is 2.92. The molecule has 0 aliphatic carbocycles. The summed E-state index contributed by atoms with van der Waals surface area (Å²) >= 11 is 1.39. The predicted octanol–water partition coefficient (Wildman–Crippen LogP) is 2.88. The van der Waals surface area contributed by atoms with Crippen LogP contribution in [0.3, 0.4) is 0 Å². The number of hydrogen-bond acceptors (Lipinski definition) is 3. The summed E-state index contributed by atoms with van der Waals surface area (Å²) in [5.41, 5.74) is 3.42. The molecular weight excluding hydrogens is 296 g/mol. The van der Waals surface area contributed by atoms with Crippen LogP contribution in [0.5, 0.6) is 0 Å². The third-order valence-electron chi connectivity index (χ3n) is 4.17. The number of benzene rings is 2. The Kier molecular flexibility index (Phi) is 2.81. The number of carbonyl (C=O) groups excluding carboxylic acids is 2. The molecule has 2 aliphatic rings. The number of thioether (sulfide) groups is 1. The minimum atomic E-state index is -0.986. The Morgan fingerprint density at radius 2 is 1.82 bits per heavy atom. The molecule has 1 unspecified atom stereocenters. The van der Waals surface area contributed by atoms with Gasteiger partial charge in [0, 0.05) is 16.9 Å². The van der Waals surface area contributed by atoms with Crippen molar-refractivity contribution in [3.05, 3.63) is 59.7 Å². The topological polar surface area (TPSA) is 49.4 Å². The van der Waals surface area contributed by atoms with Crippen LogP contribution in [0.1, 0.15) is 11.1 Å². The van der Waals surface area contributed by atoms with E-state index < -0.39 is 4.87 Å². The van der Waals surface area contributed by atoms with Crippen LogP contribution >= 0.6 is 11.8 Å². The van der Waals surface area contributed by atoms with Crippen molar-refractivity contribution >= 4 is 35.0 Å². The number of nitrogens with one attached hydrogen (secondary N) is 1. The lowest BCUT2D eigenvalue weighted by Crippen LogP contribution is -2.47. The Bertz CT molecular complexity index is 805. The summed E-state index contributed by atoms with van der Waals surface area (Å²) in [4.78, 5) is 26.0. The minimum Gasteiger partial charge on any atom is -0.323 e. The van der Waals surface area contributed by atoms with Crippen LogP contribution < -0.4 is 10.2 Å². The van der Waals surface area contributed by atoms with E-state index in [1.165, 1.54) is 11.8 Å². The average Bonchev–Trinajstić information content (AvgIpc) is 3.00. The summed E-state index contributed by atoms with van der Waals surface area (Å²) in [6, 6.07) is 15.3. The molecule has 5 heteroatoms. The summed E-state index contributed by atoms with van der Waals surface area (Å²) in [7, 11) is 0. The zero-order chi connectivity index (χ0) is 15.3. The molecule has 1 saturated heterocycles. The van der Waals surface area contributed by atoms with Crippen molar-refractivity contribution in [1.29, 1.82) is 0 Å². The third kappa shape index (κ3) is 1.60. The van der Waals surface area contributed by atoms with E-state index in [1.54, 1.807) is 4.90 Å². The van der Waals surface area contributed by atoms with Crippen LogP contribution in [0, 0.1) is 6.92 Å². The molecular formula is C17H14N2O2S. The zero-order valence-electron chi connectivity index (χ0n) is 12.0. The first kappa shape index (κ1) is 13.4. The van der Waals surface area contributed by atoms with Gasteiger partial charge in [-0.2, -0.15) is 0 Å². The lowest BCUT2D eigenvalue weighted by molar-refractivity contribution is -0.122. The molecule has 0 radical (unpaired) electrons. The molecule has 2 aromatic carbocycles. The SMILES string of the molecule is Cc1ccccc1N1C(=O)CSC12C(=O)Nc1ccccc12. The molecule has 2 aliphatic heterocycles. The van der Waals surface area contributed by atoms with Crippen molar-refractivity contribution in [2.75, 3.05) is 16.0 Å². The maximum atomic E-state index is 12.8. The number of amides is 2. The van der Waals surface area contributed by atoms with Crippen molar-refractivity contribution in [3.63, 3.8) is 0 Å². The second-order valence-electron chi connectivity index (χ2n) is 5.45. The van der Waals surface area contributed by atoms with Crippen molar-refractivity contribution in [2.24, 2.45) is 0 Å². The molecule has 22 heavy (non-hydrogen) atoms. The number of nitrogens with zero attached hydrogens (tertiary/aromatic N) is 1. The van der Waals surface area contributed by atoms with E-state index in [0.717, 1.165) is 22.5 Å². The molecule has 1 N–H and O–H groups in total. The summed E-state index contributed by atoms with van der Waals surface area (Å²) in [5.74, 6) is 0.120. The van der Waals surface area contributed by atoms with Crippen LogP contribution in [0.2, 0.25) is 0 Å². The molecule has 4 rings (SSSR count). The molecule has 4 nitrogen and oxygen atoms in total. The van der Waals surface area contributed by atoms with Gasteiger partial charge in [-0.1, -0.05) is 36.4 Å². The molecule has 0 bridgehead atoms. The van der Waals surface area contributed by atoms with E-state index in [-0.39, 0.29) is 11.8 Å². The molecule has 2 heterocycles. The van der Waals surface area contributed by atoms with Gasteiger partial charge >= 0.3 is 0 Å². The minimum absolute atomic E-state index is 0.0360. The monoisotopic (exact) mass is 310 g/mol. The predicted molar refractivity (Wildman–Crippen MR) is 87.9 cm³/mol. The summed E-state index contributed by atoms with van der Waals surface area (Å²) in [6.45, 7) is 1.96. The molecule has 1 fully saturated rings. The largest absolute Gasteiger partial charge is 0.323 e. The Morgan fingerprint density at radius 3 is 2.64 bits per heavy atom. The number of carbonyl (C=O) groups is 2. The van der Waals surface area contributed by atoms with Gasteiger partial charge in [0.15, 0.2) is 0 Å². The van der Waals surface area contributed by atoms with Gasteiger partial charge in [0.1, 0.15) is 0 Å². The molecule has 1 atom stereocenters. The van der Waals surface area contributed by atoms with Gasteiger partial charge in [0.25, 0.3) is 5.91 Å². The van der Waals surface area contributed by atoms with Crippen LogP contribution in [0.25, 0.3) is 0 Å². The van der Waals surface area contributed by atoms with Crippen LogP contribution in [0.4, 0.5) is 11.4 Å². The number of anilines is 2. The van der Waals surface area contributed by atoms with E-state index in [2.05, 4.69) is 5.32 Å². The Morgan fingerprint density at radius 1 is 1.09 bits per heavy atom. The highest BCUT2D eigenvalue weighted by atomic mass is 32.2. The normalized spacial score (nSPS) is 23.0. The summed E-state index contributed by atoms with van der Waals surface area (Å²) in [6.07, 6.45) is 0. The third-order valence-corrected chi connectivity index (χ3v) is 5.57. The van der Waals surface area contributed by atoms with Gasteiger partial charge in [-0.05, 0) is 24.6 Å². The zero-order valence-corrected chi connectivity index (χ0v) is 12.8. The maximum Gasteiger partial charge on any atom is 0.266 e. The molecule has 2 aromatic rings. The highest BCUT2D eigenvalue weighted by Crippen LogP contribution is 2.53. The lowest BCUT2D eigenvalue weighted by atomic mass is 10.0. The number of para-hydroxylation sites is 2. The fourth-order valence-electron chi connectivity index (χ4n) is 3.17. The van der Waals surface area contributed by atoms with Crippen LogP contribution in [-0.4, -0.2) is 17.6 Å². The second-order valence-corrected chi connectivity index (χ2v) is 6.62. The molecule has 1 spiro atoms. The fourth-order valence-corrected chi connectivity index (χ4v) is 4.48. The van der Waals surface area contributed by atoms with E-state index in [9.17, 15) is 9.59 Å². The quantitative estimate of drug-likeness (QED) is 0.881. The number of fused-ring (bicyclic) bond motifs is 2. The van der Waals surface area contributed by atoms with E-state index in [4.69, 9.17) is 0 Å². The fraction of sp³-hybridized carbons (Fsp3) is 0.176. The number of aryl methyl sites for hydroxylation is 1. The number of rotatable bonds is 1. The van der Waals surface area contributed by atoms with Gasteiger partial charge in [-0.25, -0.2) is 0 Å². The molecule has 0 aromatic heterocycles. The van der Waals surface area contributed by atoms with Crippen LogP contribution in [0.15, 0.2) is 48.5 Å². The van der Waals surface area contributed by atoms with Crippen molar-refractivity contribution in [1.82, 2.24) is 0 Å². The molecule has 110 valence electrons. The maximum absolute atomic E-state index is 12.8.